The van der Waals surface area contributed by atoms with Crippen LogP contribution in [0.2, 0.25) is 0 Å². The lowest BCUT2D eigenvalue weighted by molar-refractivity contribution is -0.148. The zero-order chi connectivity index (χ0) is 10.3. The summed E-state index contributed by atoms with van der Waals surface area (Å²) in [6.45, 7) is 4.06. The third kappa shape index (κ3) is 1.54. The third-order valence-electron chi connectivity index (χ3n) is 3.70. The van der Waals surface area contributed by atoms with E-state index in [1.54, 1.807) is 0 Å². The zero-order valence-corrected chi connectivity index (χ0v) is 8.77. The van der Waals surface area contributed by atoms with E-state index in [0.29, 0.717) is 5.92 Å². The van der Waals surface area contributed by atoms with Gasteiger partial charge in [-0.15, -0.1) is 0 Å². The lowest BCUT2D eigenvalue weighted by Crippen LogP contribution is -2.31. The molecule has 1 aliphatic carbocycles. The Morgan fingerprint density at radius 3 is 2.79 bits per heavy atom. The number of aliphatic hydroxyl groups excluding tert-OH is 1. The number of rotatable bonds is 0. The predicted molar refractivity (Wildman–Crippen MR) is 51.6 cm³/mol. The summed E-state index contributed by atoms with van der Waals surface area (Å²) in [5, 5.41) is 9.89. The second kappa shape index (κ2) is 3.54. The van der Waals surface area contributed by atoms with Gasteiger partial charge in [0.25, 0.3) is 0 Å². The van der Waals surface area contributed by atoms with Crippen molar-refractivity contribution in [1.29, 1.82) is 0 Å². The van der Waals surface area contributed by atoms with Crippen LogP contribution >= 0.6 is 0 Å². The molecule has 2 rings (SSSR count). The van der Waals surface area contributed by atoms with E-state index < -0.39 is 6.10 Å². The molecule has 5 unspecified atom stereocenters. The molecule has 1 aliphatic heterocycles. The van der Waals surface area contributed by atoms with Gasteiger partial charge in [0.15, 0.2) is 0 Å². The molecule has 80 valence electrons. The van der Waals surface area contributed by atoms with E-state index in [9.17, 15) is 9.90 Å². The van der Waals surface area contributed by atoms with Crippen molar-refractivity contribution in [3.05, 3.63) is 0 Å². The molecule has 1 heterocycles. The monoisotopic (exact) mass is 198 g/mol. The number of carbonyl (C=O) groups excluding carboxylic acids is 1. The summed E-state index contributed by atoms with van der Waals surface area (Å²) in [4.78, 5) is 11.3. The topological polar surface area (TPSA) is 46.5 Å². The fourth-order valence-corrected chi connectivity index (χ4v) is 2.71. The summed E-state index contributed by atoms with van der Waals surface area (Å²) in [7, 11) is 0. The molecule has 14 heavy (non-hydrogen) atoms. The average Bonchev–Trinajstić information content (AvgIpc) is 2.32. The Balaban J connectivity index is 2.15. The SMILES string of the molecule is CC1CCC2C(C)C(=O)OC2C(O)C1. The summed E-state index contributed by atoms with van der Waals surface area (Å²) < 4.78 is 5.23. The van der Waals surface area contributed by atoms with Crippen molar-refractivity contribution in [2.75, 3.05) is 0 Å². The lowest BCUT2D eigenvalue weighted by atomic mass is 9.87. The van der Waals surface area contributed by atoms with Gasteiger partial charge in [-0.3, -0.25) is 4.79 Å². The fraction of sp³-hybridized carbons (Fsp3) is 0.909. The van der Waals surface area contributed by atoms with Crippen LogP contribution in [0.3, 0.4) is 0 Å². The number of esters is 1. The Bertz CT molecular complexity index is 239. The minimum atomic E-state index is -0.452. The Labute approximate surface area is 84.4 Å². The highest BCUT2D eigenvalue weighted by Crippen LogP contribution is 2.39. The van der Waals surface area contributed by atoms with E-state index in [0.717, 1.165) is 19.3 Å². The van der Waals surface area contributed by atoms with E-state index in [-0.39, 0.29) is 23.9 Å². The minimum Gasteiger partial charge on any atom is -0.459 e. The Morgan fingerprint density at radius 2 is 2.07 bits per heavy atom. The van der Waals surface area contributed by atoms with Gasteiger partial charge in [0.1, 0.15) is 6.10 Å². The van der Waals surface area contributed by atoms with Crippen molar-refractivity contribution in [3.63, 3.8) is 0 Å². The molecule has 0 aromatic heterocycles. The molecule has 0 aromatic carbocycles. The van der Waals surface area contributed by atoms with Crippen LogP contribution < -0.4 is 0 Å². The largest absolute Gasteiger partial charge is 0.459 e. The van der Waals surface area contributed by atoms with E-state index in [1.165, 1.54) is 0 Å². The van der Waals surface area contributed by atoms with Crippen LogP contribution in [-0.4, -0.2) is 23.3 Å². The highest BCUT2D eigenvalue weighted by atomic mass is 16.6. The van der Waals surface area contributed by atoms with E-state index >= 15 is 0 Å². The molecule has 2 fully saturated rings. The summed E-state index contributed by atoms with van der Waals surface area (Å²) in [6, 6.07) is 0. The Kier molecular flexibility index (Phi) is 2.52. The Morgan fingerprint density at radius 1 is 1.36 bits per heavy atom. The van der Waals surface area contributed by atoms with Crippen LogP contribution in [0.25, 0.3) is 0 Å². The zero-order valence-electron chi connectivity index (χ0n) is 8.77. The van der Waals surface area contributed by atoms with Gasteiger partial charge >= 0.3 is 5.97 Å². The second-order valence-electron chi connectivity index (χ2n) is 4.84. The first-order chi connectivity index (χ1) is 6.59. The van der Waals surface area contributed by atoms with E-state index in [4.69, 9.17) is 4.74 Å². The molecule has 3 heteroatoms. The lowest BCUT2D eigenvalue weighted by Gasteiger charge is -2.20. The molecule has 0 amide bonds. The van der Waals surface area contributed by atoms with Crippen LogP contribution in [0.4, 0.5) is 0 Å². The van der Waals surface area contributed by atoms with Crippen molar-refractivity contribution < 1.29 is 14.6 Å². The molecular formula is C11H18O3. The van der Waals surface area contributed by atoms with Crippen molar-refractivity contribution in [2.24, 2.45) is 17.8 Å². The van der Waals surface area contributed by atoms with E-state index in [2.05, 4.69) is 6.92 Å². The first kappa shape index (κ1) is 9.97. The molecule has 1 saturated carbocycles. The van der Waals surface area contributed by atoms with Gasteiger partial charge in [0, 0.05) is 5.92 Å². The van der Waals surface area contributed by atoms with Gasteiger partial charge in [-0.2, -0.15) is 0 Å². The molecule has 1 saturated heterocycles. The number of carbonyl (C=O) groups is 1. The number of fused-ring (bicyclic) bond motifs is 1. The highest BCUT2D eigenvalue weighted by molar-refractivity contribution is 5.74. The average molecular weight is 198 g/mol. The normalized spacial score (nSPS) is 48.2. The van der Waals surface area contributed by atoms with Crippen LogP contribution in [-0.2, 0) is 9.53 Å². The van der Waals surface area contributed by atoms with Gasteiger partial charge in [-0.1, -0.05) is 20.3 Å². The van der Waals surface area contributed by atoms with Crippen LogP contribution in [0.5, 0.6) is 0 Å². The van der Waals surface area contributed by atoms with Gasteiger partial charge < -0.3 is 9.84 Å². The molecule has 1 N–H and O–H groups in total. The molecule has 5 atom stereocenters. The summed E-state index contributed by atoms with van der Waals surface area (Å²) in [5.74, 6) is 0.623. The minimum absolute atomic E-state index is 0.0278. The van der Waals surface area contributed by atoms with Crippen molar-refractivity contribution in [2.45, 2.75) is 45.3 Å². The van der Waals surface area contributed by atoms with Crippen molar-refractivity contribution in [3.8, 4) is 0 Å². The molecule has 2 aliphatic rings. The fourth-order valence-electron chi connectivity index (χ4n) is 2.71. The Hall–Kier alpha value is -0.570. The first-order valence-electron chi connectivity index (χ1n) is 5.48. The summed E-state index contributed by atoms with van der Waals surface area (Å²) >= 11 is 0. The van der Waals surface area contributed by atoms with Gasteiger partial charge in [0.2, 0.25) is 0 Å². The third-order valence-corrected chi connectivity index (χ3v) is 3.70. The number of hydrogen-bond donors (Lipinski definition) is 1. The first-order valence-corrected chi connectivity index (χ1v) is 5.48. The van der Waals surface area contributed by atoms with Crippen molar-refractivity contribution in [1.82, 2.24) is 0 Å². The van der Waals surface area contributed by atoms with Gasteiger partial charge in [0.05, 0.1) is 12.0 Å². The molecule has 3 nitrogen and oxygen atoms in total. The molecular weight excluding hydrogens is 180 g/mol. The summed E-state index contributed by atoms with van der Waals surface area (Å²) in [5.41, 5.74) is 0. The second-order valence-corrected chi connectivity index (χ2v) is 4.84. The molecule has 0 bridgehead atoms. The molecule has 0 aromatic rings. The van der Waals surface area contributed by atoms with Crippen LogP contribution in [0.1, 0.15) is 33.1 Å². The maximum Gasteiger partial charge on any atom is 0.309 e. The molecule has 0 radical (unpaired) electrons. The maximum atomic E-state index is 11.3. The standard InChI is InChI=1S/C11H18O3/c1-6-3-4-8-7(2)11(13)14-10(8)9(12)5-6/h6-10,12H,3-5H2,1-2H3. The number of aliphatic hydroxyl groups is 1. The smallest absolute Gasteiger partial charge is 0.309 e. The van der Waals surface area contributed by atoms with Crippen molar-refractivity contribution >= 4 is 5.97 Å². The van der Waals surface area contributed by atoms with E-state index in [1.807, 2.05) is 6.92 Å². The number of ether oxygens (including phenoxy) is 1. The summed E-state index contributed by atoms with van der Waals surface area (Å²) in [6.07, 6.45) is 2.18. The van der Waals surface area contributed by atoms with Crippen LogP contribution in [0, 0.1) is 17.8 Å². The van der Waals surface area contributed by atoms with Crippen LogP contribution in [0.15, 0.2) is 0 Å². The molecule has 0 spiro atoms. The highest BCUT2D eigenvalue weighted by Gasteiger charge is 2.46. The van der Waals surface area contributed by atoms with Gasteiger partial charge in [-0.25, -0.2) is 0 Å². The quantitative estimate of drug-likeness (QED) is 0.597. The number of hydrogen-bond acceptors (Lipinski definition) is 3. The predicted octanol–water partition coefficient (Wildman–Crippen LogP) is 1.34. The maximum absolute atomic E-state index is 11.3. The van der Waals surface area contributed by atoms with Gasteiger partial charge in [-0.05, 0) is 18.8 Å².